The van der Waals surface area contributed by atoms with Gasteiger partial charge in [0, 0.05) is 18.0 Å². The molecule has 1 aliphatic carbocycles. The fraction of sp³-hybridized carbons (Fsp3) is 0.529. The van der Waals surface area contributed by atoms with Crippen LogP contribution in [0.1, 0.15) is 44.2 Å². The summed E-state index contributed by atoms with van der Waals surface area (Å²) in [5.41, 5.74) is 0.908. The van der Waals surface area contributed by atoms with Crippen molar-refractivity contribution < 1.29 is 14.7 Å². The molecule has 1 aliphatic rings. The minimum atomic E-state index is -0.792. The monoisotopic (exact) mass is 323 g/mol. The second kappa shape index (κ2) is 7.14. The number of carbonyl (C=O) groups is 2. The molecule has 0 aromatic heterocycles. The number of carbonyl (C=O) groups excluding carboxylic acids is 1. The molecule has 1 aromatic rings. The molecule has 2 rings (SSSR count). The second-order valence-electron chi connectivity index (χ2n) is 6.05. The van der Waals surface area contributed by atoms with Crippen molar-refractivity contribution in [1.82, 2.24) is 4.90 Å². The van der Waals surface area contributed by atoms with E-state index in [4.69, 9.17) is 16.7 Å². The van der Waals surface area contributed by atoms with Crippen LogP contribution in [0.3, 0.4) is 0 Å². The van der Waals surface area contributed by atoms with E-state index in [1.165, 1.54) is 0 Å². The van der Waals surface area contributed by atoms with Crippen LogP contribution >= 0.6 is 11.6 Å². The molecule has 0 saturated heterocycles. The van der Waals surface area contributed by atoms with Crippen molar-refractivity contribution in [2.75, 3.05) is 7.05 Å². The van der Waals surface area contributed by atoms with Crippen LogP contribution in [0.2, 0.25) is 5.02 Å². The average molecular weight is 324 g/mol. The Hall–Kier alpha value is -1.55. The van der Waals surface area contributed by atoms with E-state index in [1.807, 2.05) is 31.2 Å². The lowest BCUT2D eigenvalue weighted by Gasteiger charge is -2.33. The minimum Gasteiger partial charge on any atom is -0.481 e. The van der Waals surface area contributed by atoms with Crippen LogP contribution in [0.25, 0.3) is 0 Å². The summed E-state index contributed by atoms with van der Waals surface area (Å²) in [6.45, 7) is 1.94. The van der Waals surface area contributed by atoms with Gasteiger partial charge in [0.2, 0.25) is 5.91 Å². The van der Waals surface area contributed by atoms with E-state index in [0.29, 0.717) is 17.9 Å². The fourth-order valence-electron chi connectivity index (χ4n) is 3.14. The average Bonchev–Trinajstić information content (AvgIpc) is 2.53. The zero-order valence-electron chi connectivity index (χ0n) is 13.0. The summed E-state index contributed by atoms with van der Waals surface area (Å²) in [4.78, 5) is 25.5. The number of hydrogen-bond acceptors (Lipinski definition) is 2. The quantitative estimate of drug-likeness (QED) is 0.918. The van der Waals surface area contributed by atoms with Gasteiger partial charge in [0.05, 0.1) is 12.0 Å². The smallest absolute Gasteiger partial charge is 0.306 e. The van der Waals surface area contributed by atoms with Crippen LogP contribution in [0, 0.1) is 11.8 Å². The molecule has 1 aromatic carbocycles. The normalized spacial score (nSPS) is 22.9. The third-order valence-electron chi connectivity index (χ3n) is 4.66. The van der Waals surface area contributed by atoms with E-state index in [0.717, 1.165) is 18.4 Å². The predicted octanol–water partition coefficient (Wildman–Crippen LogP) is 3.75. The lowest BCUT2D eigenvalue weighted by atomic mass is 9.80. The molecule has 3 unspecified atom stereocenters. The van der Waals surface area contributed by atoms with Gasteiger partial charge in [0.15, 0.2) is 0 Å². The molecule has 1 saturated carbocycles. The van der Waals surface area contributed by atoms with Gasteiger partial charge in [-0.25, -0.2) is 0 Å². The van der Waals surface area contributed by atoms with E-state index in [1.54, 1.807) is 11.9 Å². The standard InChI is InChI=1S/C17H22ClNO3/c1-11(14-8-3-4-9-15(14)18)19(2)16(20)12-6-5-7-13(10-12)17(21)22/h3-4,8-9,11-13H,5-7,10H2,1-2H3,(H,21,22). The number of nitrogens with zero attached hydrogens (tertiary/aromatic N) is 1. The van der Waals surface area contributed by atoms with E-state index in [9.17, 15) is 9.59 Å². The first kappa shape index (κ1) is 16.8. The molecular weight excluding hydrogens is 302 g/mol. The van der Waals surface area contributed by atoms with Gasteiger partial charge in [-0.2, -0.15) is 0 Å². The van der Waals surface area contributed by atoms with Gasteiger partial charge in [-0.1, -0.05) is 36.2 Å². The number of carboxylic acids is 1. The lowest BCUT2D eigenvalue weighted by Crippen LogP contribution is -2.38. The summed E-state index contributed by atoms with van der Waals surface area (Å²) in [7, 11) is 1.76. The van der Waals surface area contributed by atoms with Crippen molar-refractivity contribution in [2.45, 2.75) is 38.6 Å². The molecule has 0 bridgehead atoms. The third kappa shape index (κ3) is 3.61. The van der Waals surface area contributed by atoms with Gasteiger partial charge < -0.3 is 10.0 Å². The number of rotatable bonds is 4. The van der Waals surface area contributed by atoms with Crippen molar-refractivity contribution in [1.29, 1.82) is 0 Å². The molecule has 3 atom stereocenters. The summed E-state index contributed by atoms with van der Waals surface area (Å²) in [6.07, 6.45) is 2.67. The number of carboxylic acid groups (broad SMARTS) is 1. The maximum atomic E-state index is 12.7. The molecule has 1 amide bonds. The van der Waals surface area contributed by atoms with Crippen LogP contribution in [0.4, 0.5) is 0 Å². The fourth-order valence-corrected chi connectivity index (χ4v) is 3.43. The highest BCUT2D eigenvalue weighted by Crippen LogP contribution is 2.33. The number of hydrogen-bond donors (Lipinski definition) is 1. The minimum absolute atomic E-state index is 0.0124. The maximum absolute atomic E-state index is 12.7. The van der Waals surface area contributed by atoms with Crippen LogP contribution in [-0.4, -0.2) is 28.9 Å². The Balaban J connectivity index is 2.08. The predicted molar refractivity (Wildman–Crippen MR) is 85.7 cm³/mol. The van der Waals surface area contributed by atoms with Gasteiger partial charge in [-0.15, -0.1) is 0 Å². The first-order valence-electron chi connectivity index (χ1n) is 7.65. The van der Waals surface area contributed by atoms with E-state index in [-0.39, 0.29) is 17.9 Å². The van der Waals surface area contributed by atoms with Crippen molar-refractivity contribution in [2.24, 2.45) is 11.8 Å². The Bertz CT molecular complexity index is 561. The van der Waals surface area contributed by atoms with Crippen LogP contribution in [-0.2, 0) is 9.59 Å². The van der Waals surface area contributed by atoms with Gasteiger partial charge in [0.1, 0.15) is 0 Å². The molecule has 1 N–H and O–H groups in total. The van der Waals surface area contributed by atoms with Crippen molar-refractivity contribution in [3.8, 4) is 0 Å². The van der Waals surface area contributed by atoms with Crippen molar-refractivity contribution >= 4 is 23.5 Å². The summed E-state index contributed by atoms with van der Waals surface area (Å²) in [6, 6.07) is 7.35. The Labute approximate surface area is 136 Å². The van der Waals surface area contributed by atoms with Crippen molar-refractivity contribution in [3.05, 3.63) is 34.9 Å². The zero-order valence-corrected chi connectivity index (χ0v) is 13.7. The Morgan fingerprint density at radius 2 is 1.91 bits per heavy atom. The lowest BCUT2D eigenvalue weighted by molar-refractivity contribution is -0.145. The van der Waals surface area contributed by atoms with Crippen LogP contribution in [0.5, 0.6) is 0 Å². The number of halogens is 1. The second-order valence-corrected chi connectivity index (χ2v) is 6.45. The molecule has 0 heterocycles. The Morgan fingerprint density at radius 3 is 2.55 bits per heavy atom. The molecule has 0 radical (unpaired) electrons. The Morgan fingerprint density at radius 1 is 1.27 bits per heavy atom. The molecule has 120 valence electrons. The van der Waals surface area contributed by atoms with E-state index >= 15 is 0 Å². The summed E-state index contributed by atoms with van der Waals surface area (Å²) >= 11 is 6.20. The van der Waals surface area contributed by atoms with Gasteiger partial charge >= 0.3 is 5.97 Å². The maximum Gasteiger partial charge on any atom is 0.306 e. The summed E-state index contributed by atoms with van der Waals surface area (Å²) < 4.78 is 0. The number of benzene rings is 1. The van der Waals surface area contributed by atoms with Crippen molar-refractivity contribution in [3.63, 3.8) is 0 Å². The molecule has 1 fully saturated rings. The van der Waals surface area contributed by atoms with Gasteiger partial charge in [-0.3, -0.25) is 9.59 Å². The van der Waals surface area contributed by atoms with Crippen LogP contribution in [0.15, 0.2) is 24.3 Å². The largest absolute Gasteiger partial charge is 0.481 e. The zero-order chi connectivity index (χ0) is 16.3. The van der Waals surface area contributed by atoms with E-state index < -0.39 is 11.9 Å². The highest BCUT2D eigenvalue weighted by Gasteiger charge is 2.33. The third-order valence-corrected chi connectivity index (χ3v) is 5.00. The highest BCUT2D eigenvalue weighted by molar-refractivity contribution is 6.31. The topological polar surface area (TPSA) is 57.6 Å². The number of amides is 1. The molecule has 0 spiro atoms. The Kier molecular flexibility index (Phi) is 5.46. The molecule has 0 aliphatic heterocycles. The molecule has 5 heteroatoms. The summed E-state index contributed by atoms with van der Waals surface area (Å²) in [5.74, 6) is -1.38. The van der Waals surface area contributed by atoms with E-state index in [2.05, 4.69) is 0 Å². The first-order valence-corrected chi connectivity index (χ1v) is 8.03. The highest BCUT2D eigenvalue weighted by atomic mass is 35.5. The molecule has 22 heavy (non-hydrogen) atoms. The SMILES string of the molecule is CC(c1ccccc1Cl)N(C)C(=O)C1CCCC(C(=O)O)C1. The molecule has 4 nitrogen and oxygen atoms in total. The summed E-state index contributed by atoms with van der Waals surface area (Å²) in [5, 5.41) is 9.80. The van der Waals surface area contributed by atoms with Gasteiger partial charge in [0.25, 0.3) is 0 Å². The first-order chi connectivity index (χ1) is 10.4. The number of aliphatic carboxylic acids is 1. The van der Waals surface area contributed by atoms with Gasteiger partial charge in [-0.05, 0) is 37.8 Å². The molecular formula is C17H22ClNO3. The van der Waals surface area contributed by atoms with Crippen LogP contribution < -0.4 is 0 Å².